The third-order valence-corrected chi connectivity index (χ3v) is 5.68. The van der Waals surface area contributed by atoms with E-state index in [-0.39, 0.29) is 5.91 Å². The summed E-state index contributed by atoms with van der Waals surface area (Å²) in [4.78, 5) is 17.3. The number of hydrogen-bond acceptors (Lipinski definition) is 3. The van der Waals surface area contributed by atoms with E-state index in [1.165, 1.54) is 11.1 Å². The first-order valence-corrected chi connectivity index (χ1v) is 10.2. The van der Waals surface area contributed by atoms with Crippen LogP contribution in [0.15, 0.2) is 54.6 Å². The highest BCUT2D eigenvalue weighted by atomic mass is 16.2. The maximum Gasteiger partial charge on any atom is 0.253 e. The van der Waals surface area contributed by atoms with Gasteiger partial charge in [-0.1, -0.05) is 24.3 Å². The smallest absolute Gasteiger partial charge is 0.253 e. The van der Waals surface area contributed by atoms with Gasteiger partial charge in [-0.05, 0) is 62.2 Å². The van der Waals surface area contributed by atoms with Crippen LogP contribution in [0.4, 0.5) is 0 Å². The lowest BCUT2D eigenvalue weighted by Gasteiger charge is -2.35. The summed E-state index contributed by atoms with van der Waals surface area (Å²) >= 11 is 0. The van der Waals surface area contributed by atoms with Crippen molar-refractivity contribution in [1.82, 2.24) is 19.6 Å². The molecule has 4 rings (SSSR count). The van der Waals surface area contributed by atoms with Crippen molar-refractivity contribution in [2.45, 2.75) is 27.3 Å². The zero-order valence-corrected chi connectivity index (χ0v) is 17.4. The summed E-state index contributed by atoms with van der Waals surface area (Å²) in [5.41, 5.74) is 6.50. The molecule has 1 fully saturated rings. The van der Waals surface area contributed by atoms with E-state index in [0.29, 0.717) is 0 Å². The maximum absolute atomic E-state index is 12.9. The Bertz CT molecular complexity index is 998. The van der Waals surface area contributed by atoms with Crippen LogP contribution < -0.4 is 0 Å². The van der Waals surface area contributed by atoms with Crippen molar-refractivity contribution in [3.63, 3.8) is 0 Å². The van der Waals surface area contributed by atoms with Crippen LogP contribution in [0.25, 0.3) is 5.69 Å². The van der Waals surface area contributed by atoms with Crippen LogP contribution in [-0.2, 0) is 6.54 Å². The van der Waals surface area contributed by atoms with E-state index in [0.717, 1.165) is 55.4 Å². The average molecular weight is 389 g/mol. The van der Waals surface area contributed by atoms with Crippen LogP contribution in [0.3, 0.4) is 0 Å². The van der Waals surface area contributed by atoms with Gasteiger partial charge in [0.2, 0.25) is 0 Å². The molecule has 0 aliphatic carbocycles. The second-order valence-electron chi connectivity index (χ2n) is 7.88. The van der Waals surface area contributed by atoms with Crippen LogP contribution >= 0.6 is 0 Å². The lowest BCUT2D eigenvalue weighted by atomic mass is 10.1. The summed E-state index contributed by atoms with van der Waals surface area (Å²) < 4.78 is 1.91. The molecule has 0 bridgehead atoms. The van der Waals surface area contributed by atoms with Crippen molar-refractivity contribution in [1.29, 1.82) is 0 Å². The molecule has 1 amide bonds. The van der Waals surface area contributed by atoms with Crippen molar-refractivity contribution in [2.75, 3.05) is 26.2 Å². The number of carbonyl (C=O) groups is 1. The molecule has 0 unspecified atom stereocenters. The predicted molar refractivity (Wildman–Crippen MR) is 115 cm³/mol. The minimum Gasteiger partial charge on any atom is -0.336 e. The number of hydrogen-bond donors (Lipinski definition) is 0. The Morgan fingerprint density at radius 1 is 0.931 bits per heavy atom. The van der Waals surface area contributed by atoms with E-state index in [4.69, 9.17) is 0 Å². The molecule has 0 radical (unpaired) electrons. The molecule has 2 heterocycles. The molecule has 0 atom stereocenters. The zero-order chi connectivity index (χ0) is 20.4. The molecule has 0 N–H and O–H groups in total. The number of aryl methyl sites for hydroxylation is 3. The van der Waals surface area contributed by atoms with Gasteiger partial charge in [-0.25, -0.2) is 4.68 Å². The highest BCUT2D eigenvalue weighted by Crippen LogP contribution is 2.16. The van der Waals surface area contributed by atoms with Crippen molar-refractivity contribution in [2.24, 2.45) is 0 Å². The quantitative estimate of drug-likeness (QED) is 0.683. The molecule has 1 aliphatic rings. The lowest BCUT2D eigenvalue weighted by Crippen LogP contribution is -2.48. The van der Waals surface area contributed by atoms with Crippen LogP contribution in [0.1, 0.15) is 32.9 Å². The molecular weight excluding hydrogens is 360 g/mol. The Labute approximate surface area is 172 Å². The highest BCUT2D eigenvalue weighted by molar-refractivity contribution is 5.94. The number of carbonyl (C=O) groups excluding carboxylic acids is 1. The van der Waals surface area contributed by atoms with Crippen molar-refractivity contribution in [3.05, 3.63) is 82.7 Å². The van der Waals surface area contributed by atoms with Crippen molar-refractivity contribution in [3.8, 4) is 5.69 Å². The molecule has 0 spiro atoms. The van der Waals surface area contributed by atoms with Crippen LogP contribution in [0.2, 0.25) is 0 Å². The number of amides is 1. The monoisotopic (exact) mass is 388 g/mol. The largest absolute Gasteiger partial charge is 0.336 e. The third kappa shape index (κ3) is 4.25. The lowest BCUT2D eigenvalue weighted by molar-refractivity contribution is 0.0628. The summed E-state index contributed by atoms with van der Waals surface area (Å²) in [6, 6.07) is 18.3. The Balaban J connectivity index is 1.37. The van der Waals surface area contributed by atoms with E-state index in [1.54, 1.807) is 0 Å². The Morgan fingerprint density at radius 2 is 1.62 bits per heavy atom. The van der Waals surface area contributed by atoms with Crippen LogP contribution in [0.5, 0.6) is 0 Å². The van der Waals surface area contributed by atoms with Gasteiger partial charge in [0, 0.05) is 44.0 Å². The standard InChI is InChI=1S/C24H28N4O/c1-18-6-4-5-7-22(18)17-26-12-14-27(15-13-26)24(29)21-8-10-23(11-9-21)28-20(3)16-19(2)25-28/h4-11,16H,12-15,17H2,1-3H3. The van der Waals surface area contributed by atoms with Crippen molar-refractivity contribution >= 4 is 5.91 Å². The van der Waals surface area contributed by atoms with Gasteiger partial charge in [0.05, 0.1) is 11.4 Å². The SMILES string of the molecule is Cc1cc(C)n(-c2ccc(C(=O)N3CCN(Cc4ccccc4C)CC3)cc2)n1. The van der Waals surface area contributed by atoms with Crippen molar-refractivity contribution < 1.29 is 4.79 Å². The second-order valence-corrected chi connectivity index (χ2v) is 7.88. The summed E-state index contributed by atoms with van der Waals surface area (Å²) in [5.74, 6) is 0.112. The van der Waals surface area contributed by atoms with Gasteiger partial charge in [-0.15, -0.1) is 0 Å². The van der Waals surface area contributed by atoms with E-state index in [9.17, 15) is 4.79 Å². The fraction of sp³-hybridized carbons (Fsp3) is 0.333. The Kier molecular flexibility index (Phi) is 5.49. The highest BCUT2D eigenvalue weighted by Gasteiger charge is 2.22. The first-order chi connectivity index (χ1) is 14.0. The topological polar surface area (TPSA) is 41.4 Å². The maximum atomic E-state index is 12.9. The predicted octanol–water partition coefficient (Wildman–Crippen LogP) is 3.76. The molecule has 150 valence electrons. The number of piperazine rings is 1. The number of nitrogens with zero attached hydrogens (tertiary/aromatic N) is 4. The summed E-state index contributed by atoms with van der Waals surface area (Å²) in [7, 11) is 0. The Morgan fingerprint density at radius 3 is 2.24 bits per heavy atom. The number of aromatic nitrogens is 2. The summed E-state index contributed by atoms with van der Waals surface area (Å²) in [6.45, 7) is 10.5. The second kappa shape index (κ2) is 8.21. The van der Waals surface area contributed by atoms with Gasteiger partial charge >= 0.3 is 0 Å². The van der Waals surface area contributed by atoms with Gasteiger partial charge in [-0.2, -0.15) is 5.10 Å². The molecule has 5 nitrogen and oxygen atoms in total. The molecule has 5 heteroatoms. The van der Waals surface area contributed by atoms with Gasteiger partial charge in [0.25, 0.3) is 5.91 Å². The minimum absolute atomic E-state index is 0.112. The average Bonchev–Trinajstić information content (AvgIpc) is 3.08. The van der Waals surface area contributed by atoms with E-state index >= 15 is 0 Å². The van der Waals surface area contributed by atoms with Crippen LogP contribution in [-0.4, -0.2) is 51.7 Å². The number of rotatable bonds is 4. The molecule has 1 saturated heterocycles. The summed E-state index contributed by atoms with van der Waals surface area (Å²) in [5, 5.41) is 4.51. The third-order valence-electron chi connectivity index (χ3n) is 5.68. The van der Waals surface area contributed by atoms with E-state index in [1.807, 2.05) is 47.7 Å². The molecule has 29 heavy (non-hydrogen) atoms. The van der Waals surface area contributed by atoms with Gasteiger partial charge in [0.1, 0.15) is 0 Å². The molecule has 1 aromatic heterocycles. The zero-order valence-electron chi connectivity index (χ0n) is 17.4. The fourth-order valence-corrected chi connectivity index (χ4v) is 3.96. The first-order valence-electron chi connectivity index (χ1n) is 10.2. The number of benzene rings is 2. The van der Waals surface area contributed by atoms with E-state index < -0.39 is 0 Å². The first kappa shape index (κ1) is 19.4. The fourth-order valence-electron chi connectivity index (χ4n) is 3.96. The molecule has 0 saturated carbocycles. The minimum atomic E-state index is 0.112. The Hall–Kier alpha value is -2.92. The van der Waals surface area contributed by atoms with Gasteiger partial charge < -0.3 is 4.90 Å². The molecule has 2 aromatic carbocycles. The van der Waals surface area contributed by atoms with Gasteiger partial charge in [0.15, 0.2) is 0 Å². The van der Waals surface area contributed by atoms with E-state index in [2.05, 4.69) is 47.3 Å². The molecule has 3 aromatic rings. The van der Waals surface area contributed by atoms with Gasteiger partial charge in [-0.3, -0.25) is 9.69 Å². The van der Waals surface area contributed by atoms with Crippen LogP contribution in [0, 0.1) is 20.8 Å². The normalized spacial score (nSPS) is 14.9. The summed E-state index contributed by atoms with van der Waals surface area (Å²) in [6.07, 6.45) is 0. The molecular formula is C24H28N4O. The molecule has 1 aliphatic heterocycles.